The zero-order valence-corrected chi connectivity index (χ0v) is 9.72. The van der Waals surface area contributed by atoms with Gasteiger partial charge in [0.2, 0.25) is 0 Å². The average Bonchev–Trinajstić information content (AvgIpc) is 2.85. The van der Waals surface area contributed by atoms with Crippen molar-refractivity contribution in [3.63, 3.8) is 0 Å². The van der Waals surface area contributed by atoms with Crippen LogP contribution in [0.4, 0.5) is 0 Å². The van der Waals surface area contributed by atoms with E-state index in [1.807, 2.05) is 18.3 Å². The van der Waals surface area contributed by atoms with Crippen molar-refractivity contribution in [3.05, 3.63) is 36.5 Å². The maximum Gasteiger partial charge on any atom is 0.335 e. The highest BCUT2D eigenvalue weighted by molar-refractivity contribution is 5.83. The van der Waals surface area contributed by atoms with Gasteiger partial charge in [-0.25, -0.2) is 9.59 Å². The summed E-state index contributed by atoms with van der Waals surface area (Å²) < 4.78 is 0. The second kappa shape index (κ2) is 6.53. The van der Waals surface area contributed by atoms with Gasteiger partial charge >= 0.3 is 11.9 Å². The first-order chi connectivity index (χ1) is 8.93. The number of carbonyl (C=O) groups is 2. The van der Waals surface area contributed by atoms with Crippen molar-refractivity contribution in [1.82, 2.24) is 4.98 Å². The fourth-order valence-electron chi connectivity index (χ4n) is 1.27. The number of aliphatic hydroxyl groups excluding tert-OH is 2. The molecule has 1 aromatic carbocycles. The van der Waals surface area contributed by atoms with Crippen LogP contribution in [-0.2, 0) is 9.59 Å². The molecule has 0 fully saturated rings. The topological polar surface area (TPSA) is 131 Å². The highest BCUT2D eigenvalue weighted by atomic mass is 16.4. The second-order valence-corrected chi connectivity index (χ2v) is 3.63. The first-order valence-electron chi connectivity index (χ1n) is 5.27. The van der Waals surface area contributed by atoms with E-state index in [2.05, 4.69) is 23.2 Å². The molecule has 2 aromatic rings. The normalized spacial score (nSPS) is 13.2. The van der Waals surface area contributed by atoms with Crippen molar-refractivity contribution in [2.45, 2.75) is 12.2 Å². The Morgan fingerprint density at radius 1 is 0.947 bits per heavy atom. The summed E-state index contributed by atoms with van der Waals surface area (Å²) in [5, 5.41) is 33.8. The number of nitrogens with one attached hydrogen (secondary N) is 1. The van der Waals surface area contributed by atoms with Crippen molar-refractivity contribution in [1.29, 1.82) is 0 Å². The third-order valence-corrected chi connectivity index (χ3v) is 2.27. The van der Waals surface area contributed by atoms with E-state index >= 15 is 0 Å². The lowest BCUT2D eigenvalue weighted by atomic mass is 10.2. The molecule has 7 nitrogen and oxygen atoms in total. The number of aliphatic hydroxyl groups is 2. The molecule has 2 atom stereocenters. The van der Waals surface area contributed by atoms with E-state index in [1.54, 1.807) is 0 Å². The van der Waals surface area contributed by atoms with Crippen LogP contribution in [0.1, 0.15) is 0 Å². The predicted octanol–water partition coefficient (Wildman–Crippen LogP) is 0.0453. The van der Waals surface area contributed by atoms with Crippen LogP contribution < -0.4 is 0 Å². The minimum Gasteiger partial charge on any atom is -0.479 e. The lowest BCUT2D eigenvalue weighted by Gasteiger charge is -2.07. The van der Waals surface area contributed by atoms with Crippen molar-refractivity contribution >= 4 is 22.8 Å². The number of H-pyrrole nitrogens is 1. The van der Waals surface area contributed by atoms with Crippen molar-refractivity contribution in [3.8, 4) is 0 Å². The molecule has 0 amide bonds. The molecule has 0 saturated carbocycles. The number of carboxylic acid groups (broad SMARTS) is 2. The number of rotatable bonds is 3. The summed E-state index contributed by atoms with van der Waals surface area (Å²) in [6.07, 6.45) is -2.58. The van der Waals surface area contributed by atoms with Crippen molar-refractivity contribution in [2.24, 2.45) is 0 Å². The number of benzene rings is 1. The first-order valence-corrected chi connectivity index (χ1v) is 5.27. The van der Waals surface area contributed by atoms with E-state index in [4.69, 9.17) is 20.4 Å². The lowest BCUT2D eigenvalue weighted by molar-refractivity contribution is -0.165. The summed E-state index contributed by atoms with van der Waals surface area (Å²) >= 11 is 0. The number of aromatic amines is 1. The van der Waals surface area contributed by atoms with E-state index < -0.39 is 24.1 Å². The number of hydrogen-bond acceptors (Lipinski definition) is 4. The van der Waals surface area contributed by atoms with Gasteiger partial charge in [0.15, 0.2) is 12.2 Å². The van der Waals surface area contributed by atoms with Crippen LogP contribution in [0.2, 0.25) is 0 Å². The first kappa shape index (κ1) is 14.7. The van der Waals surface area contributed by atoms with Crippen LogP contribution in [0.5, 0.6) is 0 Å². The highest BCUT2D eigenvalue weighted by Gasteiger charge is 2.29. The number of para-hydroxylation sites is 1. The summed E-state index contributed by atoms with van der Waals surface area (Å²) in [6.45, 7) is 0. The number of aliphatic carboxylic acids is 2. The van der Waals surface area contributed by atoms with Gasteiger partial charge in [0.25, 0.3) is 0 Å². The SMILES string of the molecule is O=C(O)C(O)C(O)C(=O)O.c1ccc2[nH]ccc2c1. The quantitative estimate of drug-likeness (QED) is 0.534. The molecule has 1 aromatic heterocycles. The minimum absolute atomic E-state index is 1.21. The van der Waals surface area contributed by atoms with Gasteiger partial charge in [0, 0.05) is 11.7 Å². The maximum absolute atomic E-state index is 9.77. The van der Waals surface area contributed by atoms with Gasteiger partial charge in [-0.05, 0) is 17.5 Å². The zero-order valence-electron chi connectivity index (χ0n) is 9.72. The standard InChI is InChI=1S/C8H7N.C4H6O6/c1-2-4-8-7(3-1)5-6-9-8;5-1(3(7)8)2(6)4(9)10/h1-6,9H;1-2,5-6H,(H,7,8)(H,9,10). The number of aromatic nitrogens is 1. The molecule has 5 N–H and O–H groups in total. The Balaban J connectivity index is 0.000000190. The minimum atomic E-state index is -2.27. The van der Waals surface area contributed by atoms with E-state index in [0.29, 0.717) is 0 Å². The maximum atomic E-state index is 9.77. The molecule has 0 bridgehead atoms. The number of hydrogen-bond donors (Lipinski definition) is 5. The summed E-state index contributed by atoms with van der Waals surface area (Å²) in [5.41, 5.74) is 1.21. The lowest BCUT2D eigenvalue weighted by Crippen LogP contribution is -2.39. The van der Waals surface area contributed by atoms with Crippen LogP contribution in [0.15, 0.2) is 36.5 Å². The molecule has 7 heteroatoms. The summed E-state index contributed by atoms with van der Waals surface area (Å²) in [6, 6.07) is 10.3. The Morgan fingerprint density at radius 2 is 1.47 bits per heavy atom. The molecule has 19 heavy (non-hydrogen) atoms. The molecule has 0 spiro atoms. The van der Waals surface area contributed by atoms with Gasteiger partial charge in [-0.1, -0.05) is 18.2 Å². The third kappa shape index (κ3) is 4.09. The molecule has 0 aliphatic carbocycles. The van der Waals surface area contributed by atoms with Gasteiger partial charge < -0.3 is 25.4 Å². The fraction of sp³-hybridized carbons (Fsp3) is 0.167. The summed E-state index contributed by atoms with van der Waals surface area (Å²) in [7, 11) is 0. The largest absolute Gasteiger partial charge is 0.479 e. The van der Waals surface area contributed by atoms with Crippen molar-refractivity contribution < 1.29 is 30.0 Å². The van der Waals surface area contributed by atoms with E-state index in [9.17, 15) is 9.59 Å². The Kier molecular flexibility index (Phi) is 5.04. The van der Waals surface area contributed by atoms with E-state index in [-0.39, 0.29) is 0 Å². The monoisotopic (exact) mass is 267 g/mol. The van der Waals surface area contributed by atoms with Crippen LogP contribution >= 0.6 is 0 Å². The van der Waals surface area contributed by atoms with Gasteiger partial charge in [-0.15, -0.1) is 0 Å². The van der Waals surface area contributed by atoms with Crippen molar-refractivity contribution in [2.75, 3.05) is 0 Å². The molecule has 0 radical (unpaired) electrons. The average molecular weight is 267 g/mol. The smallest absolute Gasteiger partial charge is 0.335 e. The highest BCUT2D eigenvalue weighted by Crippen LogP contribution is 2.09. The predicted molar refractivity (Wildman–Crippen MR) is 65.6 cm³/mol. The molecule has 2 rings (SSSR count). The molecule has 102 valence electrons. The molecule has 2 unspecified atom stereocenters. The summed E-state index contributed by atoms with van der Waals surface area (Å²) in [4.78, 5) is 22.7. The van der Waals surface area contributed by atoms with Gasteiger partial charge in [-0.3, -0.25) is 0 Å². The Labute approximate surface area is 107 Å². The molecule has 1 heterocycles. The molecular formula is C12H13NO6. The second-order valence-electron chi connectivity index (χ2n) is 3.63. The van der Waals surface area contributed by atoms with Crippen LogP contribution in [-0.4, -0.2) is 49.6 Å². The Bertz CT molecular complexity index is 516. The van der Waals surface area contributed by atoms with E-state index in [1.165, 1.54) is 10.9 Å². The van der Waals surface area contributed by atoms with Gasteiger partial charge in [0.05, 0.1) is 0 Å². The Morgan fingerprint density at radius 3 is 1.95 bits per heavy atom. The molecule has 0 aliphatic rings. The zero-order chi connectivity index (χ0) is 14.4. The van der Waals surface area contributed by atoms with Gasteiger partial charge in [-0.2, -0.15) is 0 Å². The number of carboxylic acids is 2. The molecular weight excluding hydrogens is 254 g/mol. The fourth-order valence-corrected chi connectivity index (χ4v) is 1.27. The van der Waals surface area contributed by atoms with Gasteiger partial charge in [0.1, 0.15) is 0 Å². The van der Waals surface area contributed by atoms with Crippen LogP contribution in [0.25, 0.3) is 10.9 Å². The van der Waals surface area contributed by atoms with Crippen LogP contribution in [0, 0.1) is 0 Å². The number of fused-ring (bicyclic) bond motifs is 1. The van der Waals surface area contributed by atoms with E-state index in [0.717, 1.165) is 0 Å². The molecule has 0 saturated heterocycles. The van der Waals surface area contributed by atoms with Crippen LogP contribution in [0.3, 0.4) is 0 Å². The third-order valence-electron chi connectivity index (χ3n) is 2.27. The molecule has 0 aliphatic heterocycles. The summed E-state index contributed by atoms with van der Waals surface area (Å²) in [5.74, 6) is -3.54. The Hall–Kier alpha value is -2.38.